The molecule has 8 heteroatoms. The molecule has 2 rings (SSSR count). The minimum atomic E-state index is -0.537. The molecule has 0 bridgehead atoms. The van der Waals surface area contributed by atoms with Gasteiger partial charge in [0.25, 0.3) is 5.69 Å². The number of nitro groups is 1. The topological polar surface area (TPSA) is 103 Å². The average Bonchev–Trinajstić information content (AvgIpc) is 2.62. The maximum absolute atomic E-state index is 11.4. The standard InChI is InChI=1S/C17H23N5O3/c1-19-17(23)12-21-7-5-13(6-8-21)11-20(2)15-3-4-16(22(24)25)14(9-15)10-18/h3-4,9,13H,5-8,11-12H2,1-2H3,(H,19,23). The number of amides is 1. The van der Waals surface area contributed by atoms with E-state index in [0.29, 0.717) is 12.5 Å². The molecule has 0 atom stereocenters. The van der Waals surface area contributed by atoms with Crippen LogP contribution in [0.2, 0.25) is 0 Å². The number of benzene rings is 1. The van der Waals surface area contributed by atoms with Crippen LogP contribution in [0.1, 0.15) is 18.4 Å². The minimum absolute atomic E-state index is 0.0329. The number of carbonyl (C=O) groups excluding carboxylic acids is 1. The van der Waals surface area contributed by atoms with Crippen LogP contribution in [0.5, 0.6) is 0 Å². The number of hydrogen-bond donors (Lipinski definition) is 1. The normalized spacial score (nSPS) is 15.4. The van der Waals surface area contributed by atoms with Crippen LogP contribution in [0.25, 0.3) is 0 Å². The number of piperidine rings is 1. The van der Waals surface area contributed by atoms with Gasteiger partial charge >= 0.3 is 0 Å². The molecule has 0 radical (unpaired) electrons. The van der Waals surface area contributed by atoms with Crippen molar-refractivity contribution < 1.29 is 9.72 Å². The highest BCUT2D eigenvalue weighted by atomic mass is 16.6. The Kier molecular flexibility index (Phi) is 6.31. The summed E-state index contributed by atoms with van der Waals surface area (Å²) in [7, 11) is 3.57. The molecule has 1 saturated heterocycles. The molecule has 25 heavy (non-hydrogen) atoms. The molecule has 0 aliphatic carbocycles. The zero-order chi connectivity index (χ0) is 18.4. The molecule has 8 nitrogen and oxygen atoms in total. The fraction of sp³-hybridized carbons (Fsp3) is 0.529. The van der Waals surface area contributed by atoms with E-state index in [2.05, 4.69) is 10.2 Å². The number of nitriles is 1. The number of carbonyl (C=O) groups is 1. The van der Waals surface area contributed by atoms with Crippen molar-refractivity contribution in [3.8, 4) is 6.07 Å². The lowest BCUT2D eigenvalue weighted by molar-refractivity contribution is -0.385. The lowest BCUT2D eigenvalue weighted by atomic mass is 9.96. The average molecular weight is 345 g/mol. The Morgan fingerprint density at radius 2 is 2.16 bits per heavy atom. The summed E-state index contributed by atoms with van der Waals surface area (Å²) in [6.07, 6.45) is 2.00. The predicted molar refractivity (Wildman–Crippen MR) is 94.3 cm³/mol. The third-order valence-corrected chi connectivity index (χ3v) is 4.62. The summed E-state index contributed by atoms with van der Waals surface area (Å²) in [4.78, 5) is 26.0. The minimum Gasteiger partial charge on any atom is -0.374 e. The SMILES string of the molecule is CNC(=O)CN1CCC(CN(C)c2ccc([N+](=O)[O-])c(C#N)c2)CC1. The van der Waals surface area contributed by atoms with E-state index in [1.165, 1.54) is 6.07 Å². The number of nitrogens with one attached hydrogen (secondary N) is 1. The first-order valence-corrected chi connectivity index (χ1v) is 8.27. The van der Waals surface area contributed by atoms with E-state index in [9.17, 15) is 14.9 Å². The van der Waals surface area contributed by atoms with Crippen molar-refractivity contribution in [3.05, 3.63) is 33.9 Å². The van der Waals surface area contributed by atoms with Gasteiger partial charge in [0, 0.05) is 32.4 Å². The highest BCUT2D eigenvalue weighted by Crippen LogP contribution is 2.26. The van der Waals surface area contributed by atoms with Crippen molar-refractivity contribution in [3.63, 3.8) is 0 Å². The van der Waals surface area contributed by atoms with Crippen molar-refractivity contribution in [2.45, 2.75) is 12.8 Å². The van der Waals surface area contributed by atoms with Gasteiger partial charge in [-0.3, -0.25) is 19.8 Å². The molecule has 0 saturated carbocycles. The van der Waals surface area contributed by atoms with E-state index in [-0.39, 0.29) is 17.2 Å². The van der Waals surface area contributed by atoms with E-state index < -0.39 is 4.92 Å². The maximum Gasteiger partial charge on any atom is 0.287 e. The number of likely N-dealkylation sites (N-methyl/N-ethyl adjacent to an activating group) is 1. The van der Waals surface area contributed by atoms with Crippen molar-refractivity contribution in [2.75, 3.05) is 45.2 Å². The highest BCUT2D eigenvalue weighted by molar-refractivity contribution is 5.77. The Morgan fingerprint density at radius 3 is 2.72 bits per heavy atom. The molecule has 1 aliphatic rings. The van der Waals surface area contributed by atoms with Crippen LogP contribution in [0, 0.1) is 27.4 Å². The molecule has 1 aliphatic heterocycles. The van der Waals surface area contributed by atoms with Crippen molar-refractivity contribution >= 4 is 17.3 Å². The van der Waals surface area contributed by atoms with Gasteiger partial charge in [-0.05, 0) is 44.0 Å². The first-order valence-electron chi connectivity index (χ1n) is 8.27. The summed E-state index contributed by atoms with van der Waals surface area (Å²) in [5.41, 5.74) is 0.715. The second kappa shape index (κ2) is 8.44. The predicted octanol–water partition coefficient (Wildman–Crippen LogP) is 1.36. The lowest BCUT2D eigenvalue weighted by Crippen LogP contribution is -2.42. The number of hydrogen-bond acceptors (Lipinski definition) is 6. The fourth-order valence-corrected chi connectivity index (χ4v) is 3.11. The summed E-state index contributed by atoms with van der Waals surface area (Å²) in [5.74, 6) is 0.525. The summed E-state index contributed by atoms with van der Waals surface area (Å²) in [6, 6.07) is 6.53. The van der Waals surface area contributed by atoms with Gasteiger partial charge in [-0.2, -0.15) is 5.26 Å². The van der Waals surface area contributed by atoms with Crippen molar-refractivity contribution in [2.24, 2.45) is 5.92 Å². The molecule has 1 aromatic carbocycles. The number of nitro benzene ring substituents is 1. The zero-order valence-corrected chi connectivity index (χ0v) is 14.6. The third kappa shape index (κ3) is 4.90. The van der Waals surface area contributed by atoms with Crippen LogP contribution in [0.3, 0.4) is 0 Å². The Hall–Kier alpha value is -2.66. The monoisotopic (exact) mass is 345 g/mol. The largest absolute Gasteiger partial charge is 0.374 e. The van der Waals surface area contributed by atoms with E-state index >= 15 is 0 Å². The van der Waals surface area contributed by atoms with Crippen LogP contribution in [0.4, 0.5) is 11.4 Å². The van der Waals surface area contributed by atoms with E-state index in [1.54, 1.807) is 19.2 Å². The summed E-state index contributed by atoms with van der Waals surface area (Å²) >= 11 is 0. The maximum atomic E-state index is 11.4. The summed E-state index contributed by atoms with van der Waals surface area (Å²) in [6.45, 7) is 3.02. The van der Waals surface area contributed by atoms with Gasteiger partial charge in [0.2, 0.25) is 5.91 Å². The quantitative estimate of drug-likeness (QED) is 0.617. The molecule has 1 heterocycles. The number of nitrogens with zero attached hydrogens (tertiary/aromatic N) is 4. The Labute approximate surface area is 147 Å². The van der Waals surface area contributed by atoms with Crippen molar-refractivity contribution in [1.82, 2.24) is 10.2 Å². The second-order valence-corrected chi connectivity index (χ2v) is 6.34. The smallest absolute Gasteiger partial charge is 0.287 e. The van der Waals surface area contributed by atoms with E-state index in [0.717, 1.165) is 38.2 Å². The van der Waals surface area contributed by atoms with Gasteiger partial charge in [0.05, 0.1) is 11.5 Å². The van der Waals surface area contributed by atoms with Gasteiger partial charge in [-0.15, -0.1) is 0 Å². The number of rotatable bonds is 6. The van der Waals surface area contributed by atoms with Crippen molar-refractivity contribution in [1.29, 1.82) is 5.26 Å². The highest BCUT2D eigenvalue weighted by Gasteiger charge is 2.22. The molecule has 1 amide bonds. The van der Waals surface area contributed by atoms with Crippen LogP contribution in [0.15, 0.2) is 18.2 Å². The van der Waals surface area contributed by atoms with Gasteiger partial charge in [0.15, 0.2) is 0 Å². The Bertz CT molecular complexity index is 677. The molecule has 1 N–H and O–H groups in total. The van der Waals surface area contributed by atoms with Gasteiger partial charge < -0.3 is 10.2 Å². The van der Waals surface area contributed by atoms with E-state index in [1.807, 2.05) is 18.0 Å². The summed E-state index contributed by atoms with van der Waals surface area (Å²) in [5, 5.41) is 22.7. The number of anilines is 1. The first-order chi connectivity index (χ1) is 11.9. The molecule has 0 aromatic heterocycles. The molecule has 0 unspecified atom stereocenters. The fourth-order valence-electron chi connectivity index (χ4n) is 3.11. The lowest BCUT2D eigenvalue weighted by Gasteiger charge is -2.34. The third-order valence-electron chi connectivity index (χ3n) is 4.62. The molecular formula is C17H23N5O3. The van der Waals surface area contributed by atoms with Crippen LogP contribution in [-0.4, -0.2) is 56.0 Å². The molecule has 1 fully saturated rings. The van der Waals surface area contributed by atoms with Gasteiger partial charge in [-0.1, -0.05) is 0 Å². The van der Waals surface area contributed by atoms with Gasteiger partial charge in [-0.25, -0.2) is 0 Å². The molecule has 0 spiro atoms. The molecular weight excluding hydrogens is 322 g/mol. The molecule has 1 aromatic rings. The zero-order valence-electron chi connectivity index (χ0n) is 14.6. The van der Waals surface area contributed by atoms with Gasteiger partial charge in [0.1, 0.15) is 11.6 Å². The van der Waals surface area contributed by atoms with E-state index in [4.69, 9.17) is 5.26 Å². The van der Waals surface area contributed by atoms with Crippen LogP contribution < -0.4 is 10.2 Å². The Morgan fingerprint density at radius 1 is 1.48 bits per heavy atom. The second-order valence-electron chi connectivity index (χ2n) is 6.34. The molecule has 134 valence electrons. The van der Waals surface area contributed by atoms with Crippen LogP contribution >= 0.6 is 0 Å². The number of likely N-dealkylation sites (tertiary alicyclic amines) is 1. The Balaban J connectivity index is 1.93. The summed E-state index contributed by atoms with van der Waals surface area (Å²) < 4.78 is 0. The van der Waals surface area contributed by atoms with Crippen LogP contribution in [-0.2, 0) is 4.79 Å². The first kappa shape index (κ1) is 18.7.